The van der Waals surface area contributed by atoms with E-state index in [9.17, 15) is 14.4 Å². The average molecular weight is 332 g/mol. The number of nitrogens with one attached hydrogen (secondary N) is 1. The summed E-state index contributed by atoms with van der Waals surface area (Å²) >= 11 is 0. The first-order valence-electron chi connectivity index (χ1n) is 8.13. The number of likely N-dealkylation sites (tertiary alicyclic amines) is 1. The summed E-state index contributed by atoms with van der Waals surface area (Å²) in [6, 6.07) is 7.05. The molecule has 1 saturated heterocycles. The molecule has 1 aliphatic heterocycles. The van der Waals surface area contributed by atoms with Crippen molar-refractivity contribution in [1.29, 1.82) is 0 Å². The van der Waals surface area contributed by atoms with Crippen LogP contribution in [0.4, 0.5) is 5.69 Å². The number of benzene rings is 1. The quantitative estimate of drug-likeness (QED) is 0.807. The molecule has 6 nitrogen and oxygen atoms in total. The molecule has 2 rings (SSSR count). The molecule has 1 aromatic rings. The van der Waals surface area contributed by atoms with Gasteiger partial charge in [-0.3, -0.25) is 14.4 Å². The van der Waals surface area contributed by atoms with Crippen LogP contribution in [0, 0.1) is 11.8 Å². The first kappa shape index (κ1) is 18.0. The summed E-state index contributed by atoms with van der Waals surface area (Å²) in [5, 5.41) is 2.84. The predicted molar refractivity (Wildman–Crippen MR) is 90.3 cm³/mol. The summed E-state index contributed by atoms with van der Waals surface area (Å²) in [7, 11) is 1.35. The Morgan fingerprint density at radius 2 is 1.96 bits per heavy atom. The highest BCUT2D eigenvalue weighted by Gasteiger charge is 2.34. The summed E-state index contributed by atoms with van der Waals surface area (Å²) in [4.78, 5) is 37.3. The van der Waals surface area contributed by atoms with Crippen LogP contribution in [0.5, 0.6) is 0 Å². The lowest BCUT2D eigenvalue weighted by Gasteiger charge is -2.18. The number of hydrogen-bond donors (Lipinski definition) is 1. The van der Waals surface area contributed by atoms with Crippen molar-refractivity contribution in [3.8, 4) is 0 Å². The molecule has 1 N–H and O–H groups in total. The molecule has 0 radical (unpaired) electrons. The number of amides is 2. The number of carbonyl (C=O) groups is 3. The van der Waals surface area contributed by atoms with Gasteiger partial charge in [0.25, 0.3) is 0 Å². The number of methoxy groups -OCH3 is 1. The minimum Gasteiger partial charge on any atom is -0.469 e. The van der Waals surface area contributed by atoms with Crippen LogP contribution in [0.3, 0.4) is 0 Å². The summed E-state index contributed by atoms with van der Waals surface area (Å²) < 4.78 is 4.62. The Morgan fingerprint density at radius 1 is 1.29 bits per heavy atom. The molecule has 0 unspecified atom stereocenters. The molecule has 0 bridgehead atoms. The Morgan fingerprint density at radius 3 is 2.54 bits per heavy atom. The van der Waals surface area contributed by atoms with E-state index >= 15 is 0 Å². The van der Waals surface area contributed by atoms with Gasteiger partial charge in [-0.15, -0.1) is 0 Å². The topological polar surface area (TPSA) is 75.7 Å². The molecule has 0 saturated carbocycles. The van der Waals surface area contributed by atoms with Gasteiger partial charge in [-0.1, -0.05) is 26.0 Å². The second-order valence-electron chi connectivity index (χ2n) is 6.53. The largest absolute Gasteiger partial charge is 0.469 e. The van der Waals surface area contributed by atoms with E-state index in [1.807, 2.05) is 0 Å². The minimum absolute atomic E-state index is 0.0391. The van der Waals surface area contributed by atoms with Crippen LogP contribution in [-0.2, 0) is 25.5 Å². The average Bonchev–Trinajstić information content (AvgIpc) is 2.89. The standard InChI is InChI=1S/C18H24N2O4/c1-12(2)10-20-11-14(9-16(20)21)18(23)19-15-6-4-13(5-7-15)8-17(22)24-3/h4-7,12,14H,8-11H2,1-3H3,(H,19,23)/t14-/m0/s1. The van der Waals surface area contributed by atoms with Crippen molar-refractivity contribution in [3.63, 3.8) is 0 Å². The summed E-state index contributed by atoms with van der Waals surface area (Å²) in [6.07, 6.45) is 0.463. The van der Waals surface area contributed by atoms with Crippen molar-refractivity contribution in [3.05, 3.63) is 29.8 Å². The molecule has 130 valence electrons. The molecule has 1 aliphatic rings. The third kappa shape index (κ3) is 4.81. The maximum atomic E-state index is 12.3. The monoisotopic (exact) mass is 332 g/mol. The number of anilines is 1. The van der Waals surface area contributed by atoms with Crippen LogP contribution in [-0.4, -0.2) is 42.9 Å². The Kier molecular flexibility index (Phi) is 5.95. The zero-order valence-electron chi connectivity index (χ0n) is 14.4. The molecule has 6 heteroatoms. The second-order valence-corrected chi connectivity index (χ2v) is 6.53. The summed E-state index contributed by atoms with van der Waals surface area (Å²) in [5.41, 5.74) is 1.47. The van der Waals surface area contributed by atoms with Crippen molar-refractivity contribution < 1.29 is 19.1 Å². The highest BCUT2D eigenvalue weighted by Crippen LogP contribution is 2.21. The van der Waals surface area contributed by atoms with E-state index in [2.05, 4.69) is 23.9 Å². The van der Waals surface area contributed by atoms with Gasteiger partial charge in [0.05, 0.1) is 19.4 Å². The lowest BCUT2D eigenvalue weighted by Crippen LogP contribution is -2.31. The highest BCUT2D eigenvalue weighted by atomic mass is 16.5. The van der Waals surface area contributed by atoms with Gasteiger partial charge in [0, 0.05) is 25.2 Å². The van der Waals surface area contributed by atoms with Crippen LogP contribution in [0.15, 0.2) is 24.3 Å². The summed E-state index contributed by atoms with van der Waals surface area (Å²) in [6.45, 7) is 5.27. The number of ether oxygens (including phenoxy) is 1. The molecule has 2 amide bonds. The van der Waals surface area contributed by atoms with Crippen LogP contribution in [0.2, 0.25) is 0 Å². The minimum atomic E-state index is -0.314. The van der Waals surface area contributed by atoms with E-state index in [1.165, 1.54) is 7.11 Å². The first-order valence-corrected chi connectivity index (χ1v) is 8.13. The van der Waals surface area contributed by atoms with Crippen molar-refractivity contribution in [2.45, 2.75) is 26.7 Å². The van der Waals surface area contributed by atoms with Crippen LogP contribution in [0.1, 0.15) is 25.8 Å². The normalized spacial score (nSPS) is 17.2. The van der Waals surface area contributed by atoms with E-state index in [4.69, 9.17) is 0 Å². The maximum Gasteiger partial charge on any atom is 0.309 e. The van der Waals surface area contributed by atoms with Gasteiger partial charge in [-0.2, -0.15) is 0 Å². The van der Waals surface area contributed by atoms with Crippen molar-refractivity contribution >= 4 is 23.5 Å². The Hall–Kier alpha value is -2.37. The third-order valence-corrected chi connectivity index (χ3v) is 3.97. The van der Waals surface area contributed by atoms with Gasteiger partial charge in [-0.05, 0) is 23.6 Å². The van der Waals surface area contributed by atoms with E-state index in [0.717, 1.165) is 5.56 Å². The van der Waals surface area contributed by atoms with Crippen LogP contribution >= 0.6 is 0 Å². The number of nitrogens with zero attached hydrogens (tertiary/aromatic N) is 1. The Bertz CT molecular complexity index is 610. The van der Waals surface area contributed by atoms with Crippen molar-refractivity contribution in [2.75, 3.05) is 25.5 Å². The van der Waals surface area contributed by atoms with Gasteiger partial charge in [0.1, 0.15) is 0 Å². The first-order chi connectivity index (χ1) is 11.4. The Balaban J connectivity index is 1.90. The van der Waals surface area contributed by atoms with Crippen LogP contribution < -0.4 is 5.32 Å². The van der Waals surface area contributed by atoms with Crippen molar-refractivity contribution in [2.24, 2.45) is 11.8 Å². The fourth-order valence-electron chi connectivity index (χ4n) is 2.75. The second kappa shape index (κ2) is 7.95. The molecular formula is C18H24N2O4. The number of rotatable bonds is 6. The van der Waals surface area contributed by atoms with Crippen molar-refractivity contribution in [1.82, 2.24) is 4.90 Å². The molecule has 0 aliphatic carbocycles. The number of hydrogen-bond acceptors (Lipinski definition) is 4. The molecule has 24 heavy (non-hydrogen) atoms. The van der Waals surface area contributed by atoms with E-state index in [0.29, 0.717) is 24.7 Å². The molecular weight excluding hydrogens is 308 g/mol. The fraction of sp³-hybridized carbons (Fsp3) is 0.500. The molecule has 1 fully saturated rings. The van der Waals surface area contributed by atoms with Gasteiger partial charge < -0.3 is 15.0 Å². The van der Waals surface area contributed by atoms with Gasteiger partial charge in [-0.25, -0.2) is 0 Å². The predicted octanol–water partition coefficient (Wildman–Crippen LogP) is 1.85. The molecule has 0 aromatic heterocycles. The number of esters is 1. The van der Waals surface area contributed by atoms with Gasteiger partial charge >= 0.3 is 5.97 Å². The molecule has 1 aromatic carbocycles. The summed E-state index contributed by atoms with van der Waals surface area (Å²) in [5.74, 6) is -0.335. The third-order valence-electron chi connectivity index (χ3n) is 3.97. The molecule has 1 heterocycles. The van der Waals surface area contributed by atoms with E-state index < -0.39 is 0 Å². The smallest absolute Gasteiger partial charge is 0.309 e. The number of carbonyl (C=O) groups excluding carboxylic acids is 3. The van der Waals surface area contributed by atoms with E-state index in [-0.39, 0.29) is 36.5 Å². The Labute approximate surface area is 142 Å². The fourth-order valence-corrected chi connectivity index (χ4v) is 2.75. The van der Waals surface area contributed by atoms with E-state index in [1.54, 1.807) is 29.2 Å². The van der Waals surface area contributed by atoms with Crippen LogP contribution in [0.25, 0.3) is 0 Å². The zero-order chi connectivity index (χ0) is 17.7. The lowest BCUT2D eigenvalue weighted by atomic mass is 10.1. The maximum absolute atomic E-state index is 12.3. The van der Waals surface area contributed by atoms with Gasteiger partial charge in [0.2, 0.25) is 11.8 Å². The molecule has 1 atom stereocenters. The lowest BCUT2D eigenvalue weighted by molar-refractivity contribution is -0.139. The zero-order valence-corrected chi connectivity index (χ0v) is 14.4. The van der Waals surface area contributed by atoms with Gasteiger partial charge in [0.15, 0.2) is 0 Å². The highest BCUT2D eigenvalue weighted by molar-refractivity contribution is 5.97. The molecule has 0 spiro atoms. The SMILES string of the molecule is COC(=O)Cc1ccc(NC(=O)[C@H]2CC(=O)N(CC(C)C)C2)cc1.